The van der Waals surface area contributed by atoms with Gasteiger partial charge in [-0.3, -0.25) is 0 Å². The van der Waals surface area contributed by atoms with Gasteiger partial charge < -0.3 is 4.74 Å². The number of carbonyl (C=O) groups excluding carboxylic acids is 1. The van der Waals surface area contributed by atoms with E-state index >= 15 is 0 Å². The van der Waals surface area contributed by atoms with E-state index in [2.05, 4.69) is 130 Å². The highest BCUT2D eigenvalue weighted by Gasteiger charge is 2.23. The molecule has 3 atom stereocenters. The van der Waals surface area contributed by atoms with E-state index in [-0.39, 0.29) is 31.1 Å². The van der Waals surface area contributed by atoms with E-state index in [0.29, 0.717) is 12.2 Å². The number of benzene rings is 4. The molecule has 0 radical (unpaired) electrons. The van der Waals surface area contributed by atoms with E-state index in [0.717, 1.165) is 12.8 Å². The maximum absolute atomic E-state index is 12.0. The lowest BCUT2D eigenvalue weighted by Crippen LogP contribution is -2.13. The third-order valence-corrected chi connectivity index (χ3v) is 7.83. The molecule has 3 unspecified atom stereocenters. The van der Waals surface area contributed by atoms with Gasteiger partial charge in [0.1, 0.15) is 0 Å². The summed E-state index contributed by atoms with van der Waals surface area (Å²) in [5.41, 5.74) is 9.74. The van der Waals surface area contributed by atoms with Gasteiger partial charge in [0, 0.05) is 23.3 Å². The lowest BCUT2D eigenvalue weighted by Gasteiger charge is -2.27. The molecular formula is C38H44O2. The number of hydrogen-bond acceptors (Lipinski definition) is 2. The van der Waals surface area contributed by atoms with Crippen molar-refractivity contribution < 1.29 is 9.53 Å². The average molecular weight is 533 g/mol. The second kappa shape index (κ2) is 14.5. The SMILES string of the molecule is C.C=C(C)C(=O)OCCCc1c(C(C)c2ccccc2)cc(C(C)c2ccccc2)cc1C(C)c1ccccc1. The predicted octanol–water partition coefficient (Wildman–Crippen LogP) is 9.83. The Morgan fingerprint density at radius 2 is 1.07 bits per heavy atom. The van der Waals surface area contributed by atoms with Crippen LogP contribution in [0.25, 0.3) is 0 Å². The minimum atomic E-state index is -0.321. The maximum atomic E-state index is 12.0. The Labute approximate surface area is 241 Å². The van der Waals surface area contributed by atoms with Crippen LogP contribution in [-0.2, 0) is 16.0 Å². The van der Waals surface area contributed by atoms with Gasteiger partial charge in [-0.2, -0.15) is 0 Å². The van der Waals surface area contributed by atoms with Crippen molar-refractivity contribution in [2.45, 2.75) is 65.7 Å². The summed E-state index contributed by atoms with van der Waals surface area (Å²) in [6, 6.07) is 37.1. The third kappa shape index (κ3) is 7.39. The number of hydrogen-bond donors (Lipinski definition) is 0. The molecule has 2 heteroatoms. The van der Waals surface area contributed by atoms with Crippen LogP contribution < -0.4 is 0 Å². The Morgan fingerprint density at radius 1 is 0.675 bits per heavy atom. The fraction of sp³-hybridized carbons (Fsp3) is 0.289. The van der Waals surface area contributed by atoms with E-state index in [1.807, 2.05) is 0 Å². The Morgan fingerprint density at radius 3 is 1.48 bits per heavy atom. The smallest absolute Gasteiger partial charge is 0.333 e. The van der Waals surface area contributed by atoms with Crippen LogP contribution in [0.4, 0.5) is 0 Å². The predicted molar refractivity (Wildman–Crippen MR) is 169 cm³/mol. The average Bonchev–Trinajstić information content (AvgIpc) is 2.99. The molecule has 0 saturated heterocycles. The number of ether oxygens (including phenoxy) is 1. The second-order valence-electron chi connectivity index (χ2n) is 10.6. The van der Waals surface area contributed by atoms with Gasteiger partial charge in [-0.25, -0.2) is 4.79 Å². The summed E-state index contributed by atoms with van der Waals surface area (Å²) in [7, 11) is 0. The molecule has 0 saturated carbocycles. The van der Waals surface area contributed by atoms with E-state index < -0.39 is 0 Å². The number of rotatable bonds is 11. The van der Waals surface area contributed by atoms with Crippen molar-refractivity contribution in [2.24, 2.45) is 0 Å². The summed E-state index contributed by atoms with van der Waals surface area (Å²) < 4.78 is 5.48. The van der Waals surface area contributed by atoms with Crippen LogP contribution in [0, 0.1) is 0 Å². The van der Waals surface area contributed by atoms with E-state index in [1.165, 1.54) is 38.9 Å². The first-order valence-electron chi connectivity index (χ1n) is 14.0. The number of carbonyl (C=O) groups is 1. The molecule has 4 aromatic carbocycles. The van der Waals surface area contributed by atoms with Crippen LogP contribution in [0.2, 0.25) is 0 Å². The van der Waals surface area contributed by atoms with Crippen molar-refractivity contribution in [3.8, 4) is 0 Å². The standard InChI is InChI=1S/C37H40O2.CH4/c1-26(2)37(38)39-23-15-22-34-35(28(4)31-18-11-7-12-19-31)24-33(27(3)30-16-9-6-10-17-30)25-36(34)29(5)32-20-13-8-14-21-32;/h6-14,16-21,24-25,27-29H,1,15,22-23H2,2-5H3;1H4. The lowest BCUT2D eigenvalue weighted by atomic mass is 9.78. The van der Waals surface area contributed by atoms with Crippen molar-refractivity contribution in [3.05, 3.63) is 154 Å². The van der Waals surface area contributed by atoms with Crippen LogP contribution in [0.15, 0.2) is 115 Å². The largest absolute Gasteiger partial charge is 0.462 e. The van der Waals surface area contributed by atoms with E-state index in [4.69, 9.17) is 4.74 Å². The first kappa shape index (κ1) is 30.6. The number of esters is 1. The summed E-state index contributed by atoms with van der Waals surface area (Å²) in [5.74, 6) is 0.394. The zero-order chi connectivity index (χ0) is 27.8. The molecule has 4 aromatic rings. The molecule has 0 N–H and O–H groups in total. The zero-order valence-electron chi connectivity index (χ0n) is 23.7. The molecule has 40 heavy (non-hydrogen) atoms. The van der Waals surface area contributed by atoms with Gasteiger partial charge >= 0.3 is 5.97 Å². The molecular weight excluding hydrogens is 488 g/mol. The Hall–Kier alpha value is -3.91. The quantitative estimate of drug-likeness (QED) is 0.109. The molecule has 0 aromatic heterocycles. The molecule has 0 amide bonds. The summed E-state index contributed by atoms with van der Waals surface area (Å²) in [5, 5.41) is 0. The highest BCUT2D eigenvalue weighted by atomic mass is 16.5. The molecule has 0 bridgehead atoms. The molecule has 0 spiro atoms. The van der Waals surface area contributed by atoms with Crippen molar-refractivity contribution >= 4 is 5.97 Å². The Balaban J connectivity index is 0.00000441. The van der Waals surface area contributed by atoms with Crippen molar-refractivity contribution in [2.75, 3.05) is 6.61 Å². The van der Waals surface area contributed by atoms with Gasteiger partial charge in [0.25, 0.3) is 0 Å². The highest BCUT2D eigenvalue weighted by molar-refractivity contribution is 5.86. The first-order valence-corrected chi connectivity index (χ1v) is 14.0. The van der Waals surface area contributed by atoms with Gasteiger partial charge in [0.05, 0.1) is 6.61 Å². The molecule has 0 aliphatic rings. The minimum absolute atomic E-state index is 0. The van der Waals surface area contributed by atoms with Crippen molar-refractivity contribution in [3.63, 3.8) is 0 Å². The fourth-order valence-electron chi connectivity index (χ4n) is 5.37. The van der Waals surface area contributed by atoms with Gasteiger partial charge in [-0.1, -0.05) is 138 Å². The Bertz CT molecular complexity index is 1310. The molecule has 0 aliphatic carbocycles. The van der Waals surface area contributed by atoms with Crippen LogP contribution >= 0.6 is 0 Å². The molecule has 0 fully saturated rings. The van der Waals surface area contributed by atoms with Gasteiger partial charge in [0.2, 0.25) is 0 Å². The van der Waals surface area contributed by atoms with Crippen LogP contribution in [0.1, 0.15) is 98.2 Å². The van der Waals surface area contributed by atoms with Gasteiger partial charge in [0.15, 0.2) is 0 Å². The third-order valence-electron chi connectivity index (χ3n) is 7.83. The summed E-state index contributed by atoms with van der Waals surface area (Å²) >= 11 is 0. The molecule has 4 rings (SSSR count). The van der Waals surface area contributed by atoms with Crippen molar-refractivity contribution in [1.29, 1.82) is 0 Å². The van der Waals surface area contributed by atoms with E-state index in [9.17, 15) is 4.79 Å². The zero-order valence-corrected chi connectivity index (χ0v) is 23.7. The topological polar surface area (TPSA) is 26.3 Å². The van der Waals surface area contributed by atoms with Crippen LogP contribution in [0.3, 0.4) is 0 Å². The normalized spacial score (nSPS) is 13.0. The summed E-state index contributed by atoms with van der Waals surface area (Å²) in [6.07, 6.45) is 1.60. The minimum Gasteiger partial charge on any atom is -0.462 e. The maximum Gasteiger partial charge on any atom is 0.333 e. The van der Waals surface area contributed by atoms with Gasteiger partial charge in [-0.15, -0.1) is 0 Å². The van der Waals surface area contributed by atoms with Gasteiger partial charge in [-0.05, 0) is 58.7 Å². The molecule has 208 valence electrons. The fourth-order valence-corrected chi connectivity index (χ4v) is 5.37. The Kier molecular flexibility index (Phi) is 11.1. The summed E-state index contributed by atoms with van der Waals surface area (Å²) in [4.78, 5) is 12.0. The lowest BCUT2D eigenvalue weighted by molar-refractivity contribution is -0.139. The molecule has 2 nitrogen and oxygen atoms in total. The first-order chi connectivity index (χ1) is 18.9. The molecule has 0 heterocycles. The summed E-state index contributed by atoms with van der Waals surface area (Å²) in [6.45, 7) is 12.7. The van der Waals surface area contributed by atoms with Crippen LogP contribution in [0.5, 0.6) is 0 Å². The highest BCUT2D eigenvalue weighted by Crippen LogP contribution is 2.39. The molecule has 0 aliphatic heterocycles. The monoisotopic (exact) mass is 532 g/mol. The van der Waals surface area contributed by atoms with Crippen LogP contribution in [-0.4, -0.2) is 12.6 Å². The van der Waals surface area contributed by atoms with E-state index in [1.54, 1.807) is 6.92 Å². The van der Waals surface area contributed by atoms with Crippen molar-refractivity contribution in [1.82, 2.24) is 0 Å². The second-order valence-corrected chi connectivity index (χ2v) is 10.6.